The summed E-state index contributed by atoms with van der Waals surface area (Å²) in [4.78, 5) is 22.8. The van der Waals surface area contributed by atoms with E-state index in [0.717, 1.165) is 6.07 Å². The minimum absolute atomic E-state index is 0.000449. The highest BCUT2D eigenvalue weighted by Gasteiger charge is 2.29. The molecule has 2 bridgehead atoms. The Morgan fingerprint density at radius 2 is 2.03 bits per heavy atom. The van der Waals surface area contributed by atoms with Gasteiger partial charge in [0.1, 0.15) is 29.5 Å². The molecule has 11 heteroatoms. The van der Waals surface area contributed by atoms with Gasteiger partial charge in [-0.2, -0.15) is 10.4 Å². The van der Waals surface area contributed by atoms with E-state index in [4.69, 9.17) is 10.5 Å². The van der Waals surface area contributed by atoms with Crippen LogP contribution in [-0.2, 0) is 13.6 Å². The molecular weight excluding hydrogens is 408 g/mol. The molecule has 1 aliphatic rings. The van der Waals surface area contributed by atoms with Crippen molar-refractivity contribution in [1.82, 2.24) is 24.6 Å². The summed E-state index contributed by atoms with van der Waals surface area (Å²) in [5.74, 6) is -2.72. The Morgan fingerprint density at radius 1 is 1.29 bits per heavy atom. The van der Waals surface area contributed by atoms with E-state index in [9.17, 15) is 18.8 Å². The van der Waals surface area contributed by atoms with Crippen molar-refractivity contribution < 1.29 is 18.3 Å². The normalized spacial score (nSPS) is 15.8. The third-order valence-corrected chi connectivity index (χ3v) is 5.01. The Labute approximate surface area is 175 Å². The number of nitrogens with two attached hydrogens (primary N) is 1. The highest BCUT2D eigenvalue weighted by atomic mass is 19.1. The molecular formula is C20H17F2N7O2. The molecule has 3 aromatic rings. The number of hydrogen-bond acceptors (Lipinski definition) is 7. The average molecular weight is 425 g/mol. The molecule has 31 heavy (non-hydrogen) atoms. The van der Waals surface area contributed by atoms with E-state index in [1.165, 1.54) is 29.7 Å². The summed E-state index contributed by atoms with van der Waals surface area (Å²) in [6, 6.07) is 3.73. The maximum Gasteiger partial charge on any atom is 0.258 e. The molecule has 0 radical (unpaired) electrons. The van der Waals surface area contributed by atoms with Crippen LogP contribution in [0.1, 0.15) is 40.3 Å². The van der Waals surface area contributed by atoms with Gasteiger partial charge in [0.2, 0.25) is 0 Å². The minimum Gasteiger partial charge on any atom is -0.467 e. The number of aryl methyl sites for hydroxylation is 1. The van der Waals surface area contributed by atoms with Gasteiger partial charge < -0.3 is 15.4 Å². The predicted octanol–water partition coefficient (Wildman–Crippen LogP) is 2.33. The fraction of sp³-hybridized carbons (Fsp3) is 0.250. The van der Waals surface area contributed by atoms with E-state index in [0.29, 0.717) is 17.3 Å². The van der Waals surface area contributed by atoms with Crippen LogP contribution in [0, 0.1) is 23.0 Å². The number of rotatable bonds is 0. The van der Waals surface area contributed by atoms with Crippen molar-refractivity contribution in [3.8, 4) is 23.2 Å². The molecule has 1 aromatic carbocycles. The first kappa shape index (κ1) is 20.2. The van der Waals surface area contributed by atoms with Crippen molar-refractivity contribution in [3.05, 3.63) is 52.5 Å². The summed E-state index contributed by atoms with van der Waals surface area (Å²) in [7, 11) is 3.03. The van der Waals surface area contributed by atoms with Gasteiger partial charge in [0, 0.05) is 25.7 Å². The van der Waals surface area contributed by atoms with E-state index in [-0.39, 0.29) is 40.8 Å². The first-order valence-electron chi connectivity index (χ1n) is 9.21. The molecule has 1 amide bonds. The Kier molecular flexibility index (Phi) is 4.77. The first-order chi connectivity index (χ1) is 14.7. The zero-order valence-corrected chi connectivity index (χ0v) is 16.8. The summed E-state index contributed by atoms with van der Waals surface area (Å²) >= 11 is 0. The molecule has 9 nitrogen and oxygen atoms in total. The van der Waals surface area contributed by atoms with Crippen LogP contribution in [0.5, 0.6) is 5.88 Å². The van der Waals surface area contributed by atoms with E-state index in [1.54, 1.807) is 7.05 Å². The van der Waals surface area contributed by atoms with Crippen molar-refractivity contribution in [3.63, 3.8) is 0 Å². The largest absolute Gasteiger partial charge is 0.467 e. The van der Waals surface area contributed by atoms with Crippen LogP contribution in [0.25, 0.3) is 11.3 Å². The molecule has 0 aliphatic carbocycles. The summed E-state index contributed by atoms with van der Waals surface area (Å²) < 4.78 is 35.8. The van der Waals surface area contributed by atoms with Crippen LogP contribution in [0.4, 0.5) is 14.6 Å². The molecule has 1 aliphatic heterocycles. The number of ether oxygens (including phenoxy) is 1. The zero-order chi connectivity index (χ0) is 22.4. The Bertz CT molecular complexity index is 1270. The number of carbonyl (C=O) groups is 1. The SMILES string of the molecule is C[C@H]1Oc2nc(cnc2N)-c2c(nn(C)c2C#N)CN(C)C(=O)c2c(F)cc(F)cc21. The predicted molar refractivity (Wildman–Crippen MR) is 105 cm³/mol. The number of fused-ring (bicyclic) bond motifs is 5. The summed E-state index contributed by atoms with van der Waals surface area (Å²) in [6.07, 6.45) is 0.391. The van der Waals surface area contributed by atoms with E-state index in [2.05, 4.69) is 21.1 Å². The minimum atomic E-state index is -1.02. The van der Waals surface area contributed by atoms with Gasteiger partial charge in [-0.1, -0.05) is 0 Å². The Balaban J connectivity index is 2.01. The molecule has 0 fully saturated rings. The number of nitrogen functional groups attached to an aromatic ring is 1. The van der Waals surface area contributed by atoms with Crippen LogP contribution >= 0.6 is 0 Å². The number of nitriles is 1. The van der Waals surface area contributed by atoms with Gasteiger partial charge in [-0.3, -0.25) is 9.48 Å². The van der Waals surface area contributed by atoms with Crippen LogP contribution in [-0.4, -0.2) is 37.6 Å². The second-order valence-corrected chi connectivity index (χ2v) is 7.12. The lowest BCUT2D eigenvalue weighted by atomic mass is 10.0. The number of anilines is 1. The second-order valence-electron chi connectivity index (χ2n) is 7.12. The van der Waals surface area contributed by atoms with Gasteiger partial charge in [-0.05, 0) is 13.0 Å². The number of hydrogen-bond donors (Lipinski definition) is 1. The molecule has 1 atom stereocenters. The fourth-order valence-corrected chi connectivity index (χ4v) is 3.53. The lowest BCUT2D eigenvalue weighted by molar-refractivity contribution is 0.0772. The van der Waals surface area contributed by atoms with E-state index >= 15 is 0 Å². The molecule has 3 heterocycles. The van der Waals surface area contributed by atoms with Gasteiger partial charge in [0.25, 0.3) is 11.8 Å². The number of halogens is 2. The molecule has 0 spiro atoms. The van der Waals surface area contributed by atoms with Gasteiger partial charge in [0.15, 0.2) is 5.82 Å². The number of carbonyl (C=O) groups excluding carboxylic acids is 1. The maximum atomic E-state index is 14.7. The van der Waals surface area contributed by atoms with Crippen LogP contribution < -0.4 is 10.5 Å². The zero-order valence-electron chi connectivity index (χ0n) is 16.8. The third kappa shape index (κ3) is 3.31. The van der Waals surface area contributed by atoms with Crippen LogP contribution in [0.3, 0.4) is 0 Å². The lowest BCUT2D eigenvalue weighted by Crippen LogP contribution is -2.29. The van der Waals surface area contributed by atoms with Crippen molar-refractivity contribution in [1.29, 1.82) is 5.26 Å². The number of nitrogens with zero attached hydrogens (tertiary/aromatic N) is 6. The molecule has 0 saturated heterocycles. The fourth-order valence-electron chi connectivity index (χ4n) is 3.53. The van der Waals surface area contributed by atoms with Crippen molar-refractivity contribution in [2.75, 3.05) is 12.8 Å². The highest BCUT2D eigenvalue weighted by Crippen LogP contribution is 2.33. The molecule has 2 aromatic heterocycles. The highest BCUT2D eigenvalue weighted by molar-refractivity contribution is 5.96. The maximum absolute atomic E-state index is 14.7. The molecule has 2 N–H and O–H groups in total. The summed E-state index contributed by atoms with van der Waals surface area (Å²) in [5, 5.41) is 13.9. The van der Waals surface area contributed by atoms with Gasteiger partial charge in [-0.25, -0.2) is 18.7 Å². The number of amides is 1. The van der Waals surface area contributed by atoms with E-state index < -0.39 is 23.6 Å². The van der Waals surface area contributed by atoms with Crippen LogP contribution in [0.15, 0.2) is 18.3 Å². The Morgan fingerprint density at radius 3 is 2.74 bits per heavy atom. The quantitative estimate of drug-likeness (QED) is 0.586. The van der Waals surface area contributed by atoms with E-state index in [1.807, 2.05) is 0 Å². The Hall–Kier alpha value is -4.07. The van der Waals surface area contributed by atoms with Crippen LogP contribution in [0.2, 0.25) is 0 Å². The molecule has 4 rings (SSSR count). The molecule has 0 unspecified atom stereocenters. The summed E-state index contributed by atoms with van der Waals surface area (Å²) in [6.45, 7) is 1.46. The molecule has 0 saturated carbocycles. The number of aromatic nitrogens is 4. The monoisotopic (exact) mass is 425 g/mol. The number of benzene rings is 1. The first-order valence-corrected chi connectivity index (χ1v) is 9.21. The van der Waals surface area contributed by atoms with Gasteiger partial charge in [-0.15, -0.1) is 0 Å². The topological polar surface area (TPSA) is 123 Å². The summed E-state index contributed by atoms with van der Waals surface area (Å²) in [5.41, 5.74) is 6.72. The standard InChI is InChI=1S/C20H17F2N7O2/c1-9-11-4-10(21)5-12(22)16(11)20(30)28(2)8-14-17(15(6-23)29(3)27-14)13-7-25-18(24)19(26-13)31-9/h4-5,7,9H,8H2,1-3H3,(H2,24,25)/t9-/m1/s1. The third-order valence-electron chi connectivity index (χ3n) is 5.01. The van der Waals surface area contributed by atoms with Crippen molar-refractivity contribution in [2.45, 2.75) is 19.6 Å². The smallest absolute Gasteiger partial charge is 0.258 e. The lowest BCUT2D eigenvalue weighted by Gasteiger charge is -2.23. The molecule has 158 valence electrons. The van der Waals surface area contributed by atoms with Crippen molar-refractivity contribution >= 4 is 11.7 Å². The van der Waals surface area contributed by atoms with Gasteiger partial charge >= 0.3 is 0 Å². The second kappa shape index (κ2) is 7.32. The average Bonchev–Trinajstić information content (AvgIpc) is 3.02. The van der Waals surface area contributed by atoms with Gasteiger partial charge in [0.05, 0.1) is 35.3 Å². The van der Waals surface area contributed by atoms with Crippen molar-refractivity contribution in [2.24, 2.45) is 7.05 Å².